The second-order valence-corrected chi connectivity index (χ2v) is 13.3. The van der Waals surface area contributed by atoms with E-state index in [0.717, 1.165) is 22.7 Å². The van der Waals surface area contributed by atoms with Gasteiger partial charge in [-0.3, -0.25) is 0 Å². The minimum atomic E-state index is -0.00250. The summed E-state index contributed by atoms with van der Waals surface area (Å²) in [5, 5.41) is 7.27. The van der Waals surface area contributed by atoms with Crippen molar-refractivity contribution in [3.05, 3.63) is 156 Å². The summed E-state index contributed by atoms with van der Waals surface area (Å²) in [6.45, 7) is 9.29. The number of hydrogen-bond donors (Lipinski definition) is 2. The highest BCUT2D eigenvalue weighted by atomic mass is 14.9. The highest BCUT2D eigenvalue weighted by Crippen LogP contribution is 2.50. The van der Waals surface area contributed by atoms with E-state index >= 15 is 0 Å². The number of rotatable bonds is 5. The lowest BCUT2D eigenvalue weighted by molar-refractivity contribution is 0.660. The fourth-order valence-electron chi connectivity index (χ4n) is 7.39. The molecule has 2 aliphatic rings. The van der Waals surface area contributed by atoms with Gasteiger partial charge < -0.3 is 10.6 Å². The first-order valence-electron chi connectivity index (χ1n) is 15.5. The van der Waals surface area contributed by atoms with Crippen molar-refractivity contribution in [1.29, 1.82) is 0 Å². The molecule has 6 aromatic rings. The van der Waals surface area contributed by atoms with E-state index in [9.17, 15) is 0 Å². The van der Waals surface area contributed by atoms with E-state index in [4.69, 9.17) is 0 Å². The molecule has 0 aromatic heterocycles. The molecule has 2 nitrogen and oxygen atoms in total. The summed E-state index contributed by atoms with van der Waals surface area (Å²) in [4.78, 5) is 0. The van der Waals surface area contributed by atoms with E-state index in [2.05, 4.69) is 172 Å². The van der Waals surface area contributed by atoms with Crippen molar-refractivity contribution in [2.45, 2.75) is 38.5 Å². The molecule has 0 bridgehead atoms. The van der Waals surface area contributed by atoms with Gasteiger partial charge in [0.15, 0.2) is 0 Å². The third kappa shape index (κ3) is 4.17. The van der Waals surface area contributed by atoms with Crippen molar-refractivity contribution in [1.82, 2.24) is 0 Å². The molecule has 0 heterocycles. The van der Waals surface area contributed by atoms with Crippen molar-refractivity contribution >= 4 is 22.7 Å². The number of benzene rings is 6. The third-order valence-electron chi connectivity index (χ3n) is 9.85. The molecule has 0 saturated carbocycles. The Balaban J connectivity index is 0.970. The molecule has 214 valence electrons. The summed E-state index contributed by atoms with van der Waals surface area (Å²) in [5.74, 6) is 0. The second kappa shape index (κ2) is 9.72. The summed E-state index contributed by atoms with van der Waals surface area (Å²) < 4.78 is 0. The normalized spacial score (nSPS) is 14.7. The average Bonchev–Trinajstić information content (AvgIpc) is 3.41. The summed E-state index contributed by atoms with van der Waals surface area (Å²) in [7, 11) is 0. The van der Waals surface area contributed by atoms with Gasteiger partial charge in [-0.25, -0.2) is 0 Å². The SMILES string of the molecule is CC1(C)c2ccccc2-c2ccc(Nc3ccc(-c4ccc(Nc5ccc6c(c5)C(C)(C)c5ccccc5-6)cc4)cc3)cc21. The van der Waals surface area contributed by atoms with Crippen molar-refractivity contribution in [3.63, 3.8) is 0 Å². The molecule has 0 amide bonds. The lowest BCUT2D eigenvalue weighted by Gasteiger charge is -2.22. The molecule has 2 N–H and O–H groups in total. The van der Waals surface area contributed by atoms with E-state index in [1.54, 1.807) is 0 Å². The van der Waals surface area contributed by atoms with Gasteiger partial charge in [0.2, 0.25) is 0 Å². The zero-order chi connectivity index (χ0) is 30.1. The minimum Gasteiger partial charge on any atom is -0.356 e. The van der Waals surface area contributed by atoms with Gasteiger partial charge in [-0.2, -0.15) is 0 Å². The quantitative estimate of drug-likeness (QED) is 0.216. The predicted octanol–water partition coefficient (Wildman–Crippen LogP) is 11.5. The molecule has 0 aliphatic heterocycles. The monoisotopic (exact) mass is 568 g/mol. The fourth-order valence-corrected chi connectivity index (χ4v) is 7.39. The first-order valence-corrected chi connectivity index (χ1v) is 15.5. The molecule has 0 spiro atoms. The largest absolute Gasteiger partial charge is 0.356 e. The van der Waals surface area contributed by atoms with Crippen LogP contribution < -0.4 is 10.6 Å². The molecule has 0 saturated heterocycles. The lowest BCUT2D eigenvalue weighted by Crippen LogP contribution is -2.15. The maximum atomic E-state index is 3.63. The van der Waals surface area contributed by atoms with Crippen LogP contribution in [0.5, 0.6) is 0 Å². The molecular weight excluding hydrogens is 532 g/mol. The average molecular weight is 569 g/mol. The molecule has 6 aromatic carbocycles. The zero-order valence-electron chi connectivity index (χ0n) is 25.7. The van der Waals surface area contributed by atoms with Gasteiger partial charge in [-0.15, -0.1) is 0 Å². The molecule has 44 heavy (non-hydrogen) atoms. The summed E-state index contributed by atoms with van der Waals surface area (Å²) in [6.07, 6.45) is 0. The number of nitrogens with one attached hydrogen (secondary N) is 2. The molecule has 0 unspecified atom stereocenters. The topological polar surface area (TPSA) is 24.1 Å². The van der Waals surface area contributed by atoms with E-state index < -0.39 is 0 Å². The van der Waals surface area contributed by atoms with Crippen LogP contribution >= 0.6 is 0 Å². The molecule has 8 rings (SSSR count). The van der Waals surface area contributed by atoms with Crippen LogP contribution in [0.1, 0.15) is 49.9 Å². The number of fused-ring (bicyclic) bond motifs is 6. The maximum absolute atomic E-state index is 3.63. The Kier molecular flexibility index (Phi) is 5.86. The Morgan fingerprint density at radius 2 is 0.682 bits per heavy atom. The molecule has 0 radical (unpaired) electrons. The predicted molar refractivity (Wildman–Crippen MR) is 186 cm³/mol. The van der Waals surface area contributed by atoms with Crippen LogP contribution in [0.2, 0.25) is 0 Å². The van der Waals surface area contributed by atoms with Crippen LogP contribution in [0.4, 0.5) is 22.7 Å². The number of hydrogen-bond acceptors (Lipinski definition) is 2. The fraction of sp³-hybridized carbons (Fsp3) is 0.143. The van der Waals surface area contributed by atoms with Crippen molar-refractivity contribution in [3.8, 4) is 33.4 Å². The van der Waals surface area contributed by atoms with Gasteiger partial charge in [0, 0.05) is 33.6 Å². The van der Waals surface area contributed by atoms with Gasteiger partial charge in [0.1, 0.15) is 0 Å². The van der Waals surface area contributed by atoms with Crippen LogP contribution in [0.15, 0.2) is 133 Å². The smallest absolute Gasteiger partial charge is 0.0387 e. The summed E-state index contributed by atoms with van der Waals surface area (Å²) in [5.41, 5.74) is 17.8. The molecule has 0 fully saturated rings. The van der Waals surface area contributed by atoms with Crippen molar-refractivity contribution in [2.24, 2.45) is 0 Å². The molecule has 2 aliphatic carbocycles. The maximum Gasteiger partial charge on any atom is 0.0387 e. The van der Waals surface area contributed by atoms with Crippen LogP contribution in [0.3, 0.4) is 0 Å². The van der Waals surface area contributed by atoms with Crippen LogP contribution in [0.25, 0.3) is 33.4 Å². The van der Waals surface area contributed by atoms with Crippen LogP contribution in [-0.2, 0) is 10.8 Å². The Labute approximate surface area is 260 Å². The van der Waals surface area contributed by atoms with Gasteiger partial charge in [0.05, 0.1) is 0 Å². The minimum absolute atomic E-state index is 0.00250. The van der Waals surface area contributed by atoms with Gasteiger partial charge in [0.25, 0.3) is 0 Å². The standard InChI is InChI=1S/C42H36N2/c1-41(2)37-11-7-5-9-33(37)35-23-21-31(25-39(35)41)43-29-17-13-27(14-18-29)28-15-19-30(20-16-28)44-32-22-24-36-34-10-6-8-12-38(34)42(3,4)40(36)26-32/h5-26,43-44H,1-4H3. The van der Waals surface area contributed by atoms with Gasteiger partial charge in [-0.05, 0) is 104 Å². The first-order chi connectivity index (χ1) is 21.3. The highest BCUT2D eigenvalue weighted by Gasteiger charge is 2.36. The van der Waals surface area contributed by atoms with E-state index in [0.29, 0.717) is 0 Å². The van der Waals surface area contributed by atoms with E-state index in [-0.39, 0.29) is 10.8 Å². The number of anilines is 4. The summed E-state index contributed by atoms with van der Waals surface area (Å²) >= 11 is 0. The Morgan fingerprint density at radius 1 is 0.341 bits per heavy atom. The third-order valence-corrected chi connectivity index (χ3v) is 9.85. The van der Waals surface area contributed by atoms with Crippen LogP contribution in [-0.4, -0.2) is 0 Å². The highest BCUT2D eigenvalue weighted by molar-refractivity contribution is 5.84. The van der Waals surface area contributed by atoms with Gasteiger partial charge >= 0.3 is 0 Å². The Morgan fingerprint density at radius 3 is 1.09 bits per heavy atom. The van der Waals surface area contributed by atoms with Crippen LogP contribution in [0, 0.1) is 0 Å². The Hall–Kier alpha value is -5.08. The van der Waals surface area contributed by atoms with Crippen molar-refractivity contribution < 1.29 is 0 Å². The van der Waals surface area contributed by atoms with Crippen molar-refractivity contribution in [2.75, 3.05) is 10.6 Å². The van der Waals surface area contributed by atoms with Gasteiger partial charge in [-0.1, -0.05) is 113 Å². The second-order valence-electron chi connectivity index (χ2n) is 13.3. The Bertz CT molecular complexity index is 1900. The zero-order valence-corrected chi connectivity index (χ0v) is 25.7. The summed E-state index contributed by atoms with van der Waals surface area (Å²) in [6, 6.07) is 48.5. The lowest BCUT2D eigenvalue weighted by atomic mass is 9.82. The van der Waals surface area contributed by atoms with E-state index in [1.165, 1.54) is 55.6 Å². The molecular formula is C42H36N2. The molecule has 2 heteroatoms. The van der Waals surface area contributed by atoms with E-state index in [1.807, 2.05) is 0 Å². The molecule has 0 atom stereocenters. The first kappa shape index (κ1) is 26.5.